The summed E-state index contributed by atoms with van der Waals surface area (Å²) in [6.07, 6.45) is 6.88. The summed E-state index contributed by atoms with van der Waals surface area (Å²) in [5.41, 5.74) is 17.4. The fourth-order valence-corrected chi connectivity index (χ4v) is 5.05. The van der Waals surface area contributed by atoms with Crippen LogP contribution in [0, 0.1) is 11.3 Å². The Labute approximate surface area is 184 Å². The average molecular weight is 421 g/mol. The number of benzene rings is 1. The quantitative estimate of drug-likeness (QED) is 0.760. The molecule has 7 heteroatoms. The van der Waals surface area contributed by atoms with E-state index in [9.17, 15) is 0 Å². The van der Waals surface area contributed by atoms with E-state index in [4.69, 9.17) is 21.5 Å². The summed E-state index contributed by atoms with van der Waals surface area (Å²) in [4.78, 5) is 11.0. The van der Waals surface area contributed by atoms with Gasteiger partial charge in [-0.15, -0.1) is 0 Å². The number of fused-ring (bicyclic) bond motifs is 3. The normalized spacial score (nSPS) is 21.5. The average Bonchev–Trinajstić information content (AvgIpc) is 2.73. The highest BCUT2D eigenvalue weighted by Crippen LogP contribution is 2.49. The van der Waals surface area contributed by atoms with Crippen LogP contribution in [-0.2, 0) is 11.8 Å². The van der Waals surface area contributed by atoms with Crippen molar-refractivity contribution < 1.29 is 4.74 Å². The fourth-order valence-electron chi connectivity index (χ4n) is 5.05. The van der Waals surface area contributed by atoms with Gasteiger partial charge in [0.1, 0.15) is 17.9 Å². The Balaban J connectivity index is 1.81. The van der Waals surface area contributed by atoms with Crippen LogP contribution >= 0.6 is 0 Å². The molecule has 0 saturated heterocycles. The second-order valence-electron chi connectivity index (χ2n) is 9.47. The van der Waals surface area contributed by atoms with Crippen molar-refractivity contribution in [2.75, 3.05) is 24.2 Å². The molecule has 0 unspecified atom stereocenters. The number of rotatable bonds is 5. The van der Waals surface area contributed by atoms with Gasteiger partial charge in [-0.05, 0) is 55.2 Å². The summed E-state index contributed by atoms with van der Waals surface area (Å²) < 4.78 is 6.54. The summed E-state index contributed by atoms with van der Waals surface area (Å²) in [5.74, 6) is 1.42. The van der Waals surface area contributed by atoms with E-state index < -0.39 is 0 Å². The number of hydrogen-bond acceptors (Lipinski definition) is 7. The highest BCUT2D eigenvalue weighted by molar-refractivity contribution is 5.83. The third-order valence-corrected chi connectivity index (χ3v) is 6.63. The molecular weight excluding hydrogens is 388 g/mol. The van der Waals surface area contributed by atoms with Crippen LogP contribution in [-0.4, -0.2) is 35.7 Å². The molecular formula is C24H32N6O. The van der Waals surface area contributed by atoms with E-state index in [0.29, 0.717) is 18.8 Å². The molecule has 164 valence electrons. The van der Waals surface area contributed by atoms with Crippen molar-refractivity contribution in [3.8, 4) is 23.1 Å². The molecule has 0 bridgehead atoms. The Hall–Kier alpha value is -2.85. The van der Waals surface area contributed by atoms with Gasteiger partial charge in [0.25, 0.3) is 0 Å². The number of nitrogens with two attached hydrogens (primary N) is 2. The van der Waals surface area contributed by atoms with Gasteiger partial charge in [-0.2, -0.15) is 5.26 Å². The van der Waals surface area contributed by atoms with Gasteiger partial charge in [0.05, 0.1) is 30.0 Å². The smallest absolute Gasteiger partial charge is 0.143 e. The summed E-state index contributed by atoms with van der Waals surface area (Å²) in [6, 6.07) is 6.69. The number of aromatic nitrogens is 2. The molecule has 1 saturated carbocycles. The third kappa shape index (κ3) is 4.05. The van der Waals surface area contributed by atoms with Crippen molar-refractivity contribution in [1.82, 2.24) is 9.97 Å². The molecule has 0 spiro atoms. The minimum Gasteiger partial charge on any atom is -0.488 e. The maximum atomic E-state index is 9.15. The van der Waals surface area contributed by atoms with Crippen LogP contribution in [0.3, 0.4) is 0 Å². The second kappa shape index (κ2) is 8.35. The minimum atomic E-state index is -0.214. The molecule has 7 nitrogen and oxygen atoms in total. The van der Waals surface area contributed by atoms with Crippen LogP contribution in [0.4, 0.5) is 11.5 Å². The van der Waals surface area contributed by atoms with E-state index in [1.165, 1.54) is 11.9 Å². The highest BCUT2D eigenvalue weighted by atomic mass is 16.5. The van der Waals surface area contributed by atoms with Crippen LogP contribution in [0.25, 0.3) is 11.3 Å². The first kappa shape index (κ1) is 21.4. The lowest BCUT2D eigenvalue weighted by Crippen LogP contribution is -2.33. The lowest BCUT2D eigenvalue weighted by molar-refractivity contribution is 0.147. The summed E-state index contributed by atoms with van der Waals surface area (Å²) in [7, 11) is 2.04. The Morgan fingerprint density at radius 1 is 1.23 bits per heavy atom. The molecule has 1 heterocycles. The molecule has 2 aliphatic rings. The molecule has 0 aliphatic heterocycles. The lowest BCUT2D eigenvalue weighted by atomic mass is 9.71. The number of ether oxygens (including phenoxy) is 1. The number of hydrogen-bond donors (Lipinski definition) is 2. The van der Waals surface area contributed by atoms with Gasteiger partial charge in [0.15, 0.2) is 0 Å². The second-order valence-corrected chi connectivity index (χ2v) is 9.47. The maximum absolute atomic E-state index is 9.15. The first-order valence-electron chi connectivity index (χ1n) is 11.1. The molecule has 4 N–H and O–H groups in total. The Morgan fingerprint density at radius 3 is 2.68 bits per heavy atom. The zero-order valence-corrected chi connectivity index (χ0v) is 18.7. The largest absolute Gasteiger partial charge is 0.488 e. The van der Waals surface area contributed by atoms with E-state index in [2.05, 4.69) is 40.9 Å². The van der Waals surface area contributed by atoms with Crippen molar-refractivity contribution in [3.05, 3.63) is 29.6 Å². The summed E-state index contributed by atoms with van der Waals surface area (Å²) >= 11 is 0. The van der Waals surface area contributed by atoms with E-state index in [-0.39, 0.29) is 17.6 Å². The van der Waals surface area contributed by atoms with Gasteiger partial charge in [-0.1, -0.05) is 13.8 Å². The van der Waals surface area contributed by atoms with Crippen molar-refractivity contribution in [2.45, 2.75) is 69.9 Å². The Bertz CT molecular complexity index is 1000. The van der Waals surface area contributed by atoms with Crippen molar-refractivity contribution in [3.63, 3.8) is 0 Å². The van der Waals surface area contributed by atoms with Crippen LogP contribution in [0.1, 0.15) is 57.1 Å². The lowest BCUT2D eigenvalue weighted by Gasteiger charge is -2.37. The zero-order valence-electron chi connectivity index (χ0n) is 18.7. The number of nitriles is 1. The van der Waals surface area contributed by atoms with Crippen molar-refractivity contribution in [2.24, 2.45) is 5.73 Å². The van der Waals surface area contributed by atoms with E-state index in [1.54, 1.807) is 0 Å². The van der Waals surface area contributed by atoms with Crippen LogP contribution in [0.5, 0.6) is 5.75 Å². The number of nitrogens with zero attached hydrogens (tertiary/aromatic N) is 4. The number of anilines is 2. The monoisotopic (exact) mass is 420 g/mol. The van der Waals surface area contributed by atoms with Crippen LogP contribution in [0.15, 0.2) is 18.5 Å². The Kier molecular flexibility index (Phi) is 5.76. The first-order valence-corrected chi connectivity index (χ1v) is 11.1. The predicted octanol–water partition coefficient (Wildman–Crippen LogP) is 3.56. The number of nitrogen functional groups attached to an aromatic ring is 1. The Morgan fingerprint density at radius 2 is 1.97 bits per heavy atom. The highest BCUT2D eigenvalue weighted by Gasteiger charge is 2.37. The molecule has 31 heavy (non-hydrogen) atoms. The van der Waals surface area contributed by atoms with Crippen LogP contribution < -0.4 is 21.1 Å². The van der Waals surface area contributed by atoms with Crippen molar-refractivity contribution in [1.29, 1.82) is 5.26 Å². The molecule has 0 atom stereocenters. The zero-order chi connectivity index (χ0) is 22.2. The molecule has 0 radical (unpaired) electrons. The molecule has 4 rings (SSSR count). The van der Waals surface area contributed by atoms with E-state index >= 15 is 0 Å². The molecule has 2 aromatic rings. The molecule has 2 aliphatic carbocycles. The van der Waals surface area contributed by atoms with Gasteiger partial charge in [-0.25, -0.2) is 9.97 Å². The molecule has 1 fully saturated rings. The maximum Gasteiger partial charge on any atom is 0.143 e. The fraction of sp³-hybridized carbons (Fsp3) is 0.542. The molecule has 1 aromatic carbocycles. The minimum absolute atomic E-state index is 0.169. The van der Waals surface area contributed by atoms with E-state index in [0.717, 1.165) is 60.4 Å². The summed E-state index contributed by atoms with van der Waals surface area (Å²) in [6.45, 7) is 5.01. The van der Waals surface area contributed by atoms with E-state index in [1.807, 2.05) is 13.1 Å². The van der Waals surface area contributed by atoms with Crippen molar-refractivity contribution >= 4 is 11.5 Å². The summed E-state index contributed by atoms with van der Waals surface area (Å²) in [5, 5.41) is 9.15. The molecule has 1 aromatic heterocycles. The van der Waals surface area contributed by atoms with Gasteiger partial charge in [-0.3, -0.25) is 0 Å². The molecule has 0 amide bonds. The first-order chi connectivity index (χ1) is 14.8. The van der Waals surface area contributed by atoms with Gasteiger partial charge in [0, 0.05) is 30.8 Å². The van der Waals surface area contributed by atoms with Gasteiger partial charge in [0.2, 0.25) is 0 Å². The standard InChI is InChI=1S/C24H32N6O/c1-24(2)13-18-17(21-20(24)23(27)29-14-28-21)9-10-19(22(18)30(3)12-4-11-25)31-16-7-5-15(26)6-8-16/h9-10,14-16H,4-8,12-13,26H2,1-3H3,(H2,27,28,29)/t15-,16-. The SMILES string of the molecule is CN(CCC#N)c1c(O[C@H]2CC[C@H](N)CC2)ccc2c1CC(C)(C)c1c(N)ncnc1-2. The topological polar surface area (TPSA) is 114 Å². The third-order valence-electron chi connectivity index (χ3n) is 6.63. The van der Waals surface area contributed by atoms with Gasteiger partial charge >= 0.3 is 0 Å². The van der Waals surface area contributed by atoms with Gasteiger partial charge < -0.3 is 21.1 Å². The van der Waals surface area contributed by atoms with Crippen LogP contribution in [0.2, 0.25) is 0 Å². The predicted molar refractivity (Wildman–Crippen MR) is 123 cm³/mol.